The second-order valence-electron chi connectivity index (χ2n) is 3.96. The zero-order chi connectivity index (χ0) is 8.55. The van der Waals surface area contributed by atoms with E-state index in [1.165, 1.54) is 31.3 Å². The summed E-state index contributed by atoms with van der Waals surface area (Å²) in [5.74, 6) is 0.926. The molecule has 0 amide bonds. The van der Waals surface area contributed by atoms with Crippen LogP contribution in [0, 0.1) is 11.8 Å². The van der Waals surface area contributed by atoms with E-state index in [4.69, 9.17) is 5.11 Å². The van der Waals surface area contributed by atoms with Gasteiger partial charge in [0, 0.05) is 0 Å². The Hall–Kier alpha value is -0.790. The molecule has 0 aromatic carbocycles. The fraction of sp³-hybridized carbons (Fsp3) is 0.700. The molecule has 0 aromatic rings. The standard InChI is InChI=1S/C10H14O2/c11-10(12)4-3-9-6-7-1-2-8(9)5-7/h3,7-8H,1-2,4-6H2,(H,11,12). The predicted molar refractivity (Wildman–Crippen MR) is 45.8 cm³/mol. The number of carboxylic acid groups (broad SMARTS) is 1. The van der Waals surface area contributed by atoms with Crippen molar-refractivity contribution >= 4 is 5.97 Å². The Kier molecular flexibility index (Phi) is 1.91. The minimum absolute atomic E-state index is 0.221. The number of hydrogen-bond acceptors (Lipinski definition) is 1. The zero-order valence-corrected chi connectivity index (χ0v) is 7.12. The van der Waals surface area contributed by atoms with Gasteiger partial charge in [0.2, 0.25) is 0 Å². The summed E-state index contributed by atoms with van der Waals surface area (Å²) in [6, 6.07) is 0. The highest BCUT2D eigenvalue weighted by Gasteiger charge is 2.34. The van der Waals surface area contributed by atoms with E-state index in [0.717, 1.165) is 11.8 Å². The number of rotatable bonds is 2. The van der Waals surface area contributed by atoms with Crippen molar-refractivity contribution in [3.63, 3.8) is 0 Å². The van der Waals surface area contributed by atoms with Crippen molar-refractivity contribution < 1.29 is 9.90 Å². The number of aliphatic carboxylic acids is 1. The molecule has 2 nitrogen and oxygen atoms in total. The van der Waals surface area contributed by atoms with E-state index in [0.29, 0.717) is 0 Å². The van der Waals surface area contributed by atoms with Crippen LogP contribution >= 0.6 is 0 Å². The highest BCUT2D eigenvalue weighted by molar-refractivity contribution is 5.68. The molecule has 2 bridgehead atoms. The Bertz CT molecular complexity index is 230. The van der Waals surface area contributed by atoms with Crippen LogP contribution in [0.2, 0.25) is 0 Å². The zero-order valence-electron chi connectivity index (χ0n) is 7.12. The Morgan fingerprint density at radius 1 is 1.58 bits per heavy atom. The minimum Gasteiger partial charge on any atom is -0.481 e. The van der Waals surface area contributed by atoms with Crippen molar-refractivity contribution in [3.05, 3.63) is 11.6 Å². The average Bonchev–Trinajstić information content (AvgIpc) is 2.60. The number of carboxylic acids is 1. The normalized spacial score (nSPS) is 36.2. The molecule has 2 atom stereocenters. The van der Waals surface area contributed by atoms with Gasteiger partial charge in [-0.25, -0.2) is 0 Å². The maximum atomic E-state index is 10.3. The van der Waals surface area contributed by atoms with E-state index in [-0.39, 0.29) is 6.42 Å². The molecule has 2 unspecified atom stereocenters. The van der Waals surface area contributed by atoms with Crippen LogP contribution in [0.1, 0.15) is 32.1 Å². The molecule has 0 heterocycles. The van der Waals surface area contributed by atoms with Gasteiger partial charge in [-0.3, -0.25) is 4.79 Å². The smallest absolute Gasteiger partial charge is 0.307 e. The minimum atomic E-state index is -0.703. The van der Waals surface area contributed by atoms with Gasteiger partial charge in [0.15, 0.2) is 0 Å². The number of carbonyl (C=O) groups is 1. The van der Waals surface area contributed by atoms with Crippen molar-refractivity contribution in [1.29, 1.82) is 0 Å². The number of hydrogen-bond donors (Lipinski definition) is 1. The molecule has 0 saturated heterocycles. The van der Waals surface area contributed by atoms with E-state index in [9.17, 15) is 4.79 Å². The first-order valence-corrected chi connectivity index (χ1v) is 4.66. The maximum Gasteiger partial charge on any atom is 0.307 e. The number of fused-ring (bicyclic) bond motifs is 2. The van der Waals surface area contributed by atoms with Crippen molar-refractivity contribution in [1.82, 2.24) is 0 Å². The summed E-state index contributed by atoms with van der Waals surface area (Å²) in [6.07, 6.45) is 7.33. The third-order valence-electron chi connectivity index (χ3n) is 3.13. The van der Waals surface area contributed by atoms with Gasteiger partial charge in [-0.2, -0.15) is 0 Å². The van der Waals surface area contributed by atoms with Crippen molar-refractivity contribution in [3.8, 4) is 0 Å². The molecule has 2 heteroatoms. The van der Waals surface area contributed by atoms with Crippen LogP contribution in [0.3, 0.4) is 0 Å². The predicted octanol–water partition coefficient (Wildman–Crippen LogP) is 2.21. The summed E-state index contributed by atoms with van der Waals surface area (Å²) in [5, 5.41) is 8.50. The molecule has 1 N–H and O–H groups in total. The monoisotopic (exact) mass is 166 g/mol. The highest BCUT2D eigenvalue weighted by atomic mass is 16.4. The van der Waals surface area contributed by atoms with Crippen LogP contribution in [0.4, 0.5) is 0 Å². The fourth-order valence-corrected chi connectivity index (χ4v) is 2.57. The molecular weight excluding hydrogens is 152 g/mol. The van der Waals surface area contributed by atoms with Crippen LogP contribution in [-0.2, 0) is 4.79 Å². The van der Waals surface area contributed by atoms with E-state index < -0.39 is 5.97 Å². The van der Waals surface area contributed by atoms with E-state index in [1.54, 1.807) is 0 Å². The second kappa shape index (κ2) is 2.92. The Labute approximate surface area is 72.3 Å². The molecule has 2 aliphatic rings. The van der Waals surface area contributed by atoms with Crippen LogP contribution in [-0.4, -0.2) is 11.1 Å². The molecule has 0 aliphatic heterocycles. The van der Waals surface area contributed by atoms with Gasteiger partial charge >= 0.3 is 5.97 Å². The van der Waals surface area contributed by atoms with Crippen molar-refractivity contribution in [2.24, 2.45) is 11.8 Å². The molecule has 0 spiro atoms. The van der Waals surface area contributed by atoms with Crippen molar-refractivity contribution in [2.45, 2.75) is 32.1 Å². The first-order valence-electron chi connectivity index (χ1n) is 4.66. The van der Waals surface area contributed by atoms with Gasteiger partial charge in [0.25, 0.3) is 0 Å². The molecule has 2 fully saturated rings. The third kappa shape index (κ3) is 1.38. The summed E-state index contributed by atoms with van der Waals surface area (Å²) >= 11 is 0. The van der Waals surface area contributed by atoms with Crippen LogP contribution in [0.15, 0.2) is 11.6 Å². The van der Waals surface area contributed by atoms with Gasteiger partial charge in [0.1, 0.15) is 0 Å². The molecule has 12 heavy (non-hydrogen) atoms. The van der Waals surface area contributed by atoms with Crippen LogP contribution in [0.25, 0.3) is 0 Å². The molecular formula is C10H14O2. The summed E-state index contributed by atoms with van der Waals surface area (Å²) in [6.45, 7) is 0. The second-order valence-corrected chi connectivity index (χ2v) is 3.96. The van der Waals surface area contributed by atoms with Crippen LogP contribution in [0.5, 0.6) is 0 Å². The quantitative estimate of drug-likeness (QED) is 0.638. The summed E-state index contributed by atoms with van der Waals surface area (Å²) in [5.41, 5.74) is 1.42. The largest absolute Gasteiger partial charge is 0.481 e. The molecule has 0 aromatic heterocycles. The highest BCUT2D eigenvalue weighted by Crippen LogP contribution is 2.47. The van der Waals surface area contributed by atoms with E-state index >= 15 is 0 Å². The average molecular weight is 166 g/mol. The van der Waals surface area contributed by atoms with Gasteiger partial charge in [0.05, 0.1) is 6.42 Å². The maximum absolute atomic E-state index is 10.3. The first-order chi connectivity index (χ1) is 5.75. The lowest BCUT2D eigenvalue weighted by molar-refractivity contribution is -0.136. The lowest BCUT2D eigenvalue weighted by Crippen LogP contribution is -1.99. The van der Waals surface area contributed by atoms with Crippen LogP contribution < -0.4 is 0 Å². The van der Waals surface area contributed by atoms with Gasteiger partial charge in [-0.05, 0) is 37.5 Å². The first kappa shape index (κ1) is 7.84. The Morgan fingerprint density at radius 2 is 2.42 bits per heavy atom. The summed E-state index contributed by atoms with van der Waals surface area (Å²) < 4.78 is 0. The summed E-state index contributed by atoms with van der Waals surface area (Å²) in [4.78, 5) is 10.3. The fourth-order valence-electron chi connectivity index (χ4n) is 2.57. The molecule has 2 saturated carbocycles. The third-order valence-corrected chi connectivity index (χ3v) is 3.13. The van der Waals surface area contributed by atoms with E-state index in [2.05, 4.69) is 0 Å². The molecule has 2 aliphatic carbocycles. The molecule has 0 radical (unpaired) electrons. The van der Waals surface area contributed by atoms with Crippen molar-refractivity contribution in [2.75, 3.05) is 0 Å². The lowest BCUT2D eigenvalue weighted by Gasteiger charge is -2.12. The number of allylic oxidation sites excluding steroid dienone is 1. The topological polar surface area (TPSA) is 37.3 Å². The summed E-state index contributed by atoms with van der Waals surface area (Å²) in [7, 11) is 0. The Morgan fingerprint density at radius 3 is 2.92 bits per heavy atom. The SMILES string of the molecule is O=C(O)CC=C1CC2CCC1C2. The van der Waals surface area contributed by atoms with Gasteiger partial charge in [-0.1, -0.05) is 11.6 Å². The molecule has 66 valence electrons. The lowest BCUT2D eigenvalue weighted by atomic mass is 9.94. The Balaban J connectivity index is 1.97. The molecule has 2 rings (SSSR count). The van der Waals surface area contributed by atoms with Gasteiger partial charge < -0.3 is 5.11 Å². The van der Waals surface area contributed by atoms with E-state index in [1.807, 2.05) is 6.08 Å². The van der Waals surface area contributed by atoms with Gasteiger partial charge in [-0.15, -0.1) is 0 Å².